The van der Waals surface area contributed by atoms with Crippen molar-refractivity contribution >= 4 is 34.8 Å². The van der Waals surface area contributed by atoms with Gasteiger partial charge in [-0.2, -0.15) is 0 Å². The third-order valence-corrected chi connectivity index (χ3v) is 5.19. The van der Waals surface area contributed by atoms with Crippen LogP contribution in [0.4, 0.5) is 11.5 Å². The van der Waals surface area contributed by atoms with Crippen molar-refractivity contribution in [3.8, 4) is 23.8 Å². The van der Waals surface area contributed by atoms with Crippen LogP contribution in [-0.2, 0) is 4.74 Å². The number of benzene rings is 2. The van der Waals surface area contributed by atoms with E-state index in [0.717, 1.165) is 61.4 Å². The van der Waals surface area contributed by atoms with E-state index in [2.05, 4.69) is 26.1 Å². The number of nitrogens with zero attached hydrogens (tertiary/aromatic N) is 3. The molecule has 2 aromatic carbocycles. The van der Waals surface area contributed by atoms with Gasteiger partial charge in [-0.25, -0.2) is 9.97 Å². The molecular weight excluding hydrogens is 428 g/mol. The average Bonchev–Trinajstić information content (AvgIpc) is 2.82. The number of ether oxygens (including phenoxy) is 3. The van der Waals surface area contributed by atoms with E-state index in [1.54, 1.807) is 7.11 Å². The van der Waals surface area contributed by atoms with E-state index < -0.39 is 0 Å². The number of methoxy groups -OCH3 is 1. The van der Waals surface area contributed by atoms with Crippen LogP contribution in [0, 0.1) is 12.3 Å². The fraction of sp³-hybridized carbons (Fsp3) is 0.333. The lowest BCUT2D eigenvalue weighted by Gasteiger charge is -2.26. The van der Waals surface area contributed by atoms with Crippen LogP contribution in [0.15, 0.2) is 42.7 Å². The number of terminal acetylenes is 1. The van der Waals surface area contributed by atoms with Gasteiger partial charge in [0.15, 0.2) is 11.5 Å². The fourth-order valence-corrected chi connectivity index (χ4v) is 3.55. The van der Waals surface area contributed by atoms with Crippen LogP contribution < -0.4 is 14.8 Å². The summed E-state index contributed by atoms with van der Waals surface area (Å²) in [5, 5.41) is 4.18. The lowest BCUT2D eigenvalue weighted by Crippen LogP contribution is -2.37. The minimum atomic E-state index is 0. The fourth-order valence-electron chi connectivity index (χ4n) is 3.55. The van der Waals surface area contributed by atoms with Crippen molar-refractivity contribution < 1.29 is 14.2 Å². The number of hydrogen-bond acceptors (Lipinski definition) is 7. The minimum absolute atomic E-state index is 0. The van der Waals surface area contributed by atoms with Gasteiger partial charge < -0.3 is 19.5 Å². The normalized spacial score (nSPS) is 13.8. The van der Waals surface area contributed by atoms with E-state index in [4.69, 9.17) is 20.6 Å². The largest absolute Gasteiger partial charge is 0.493 e. The highest BCUT2D eigenvalue weighted by Crippen LogP contribution is 2.34. The molecular formula is C24H27ClN4O3. The first-order valence-corrected chi connectivity index (χ1v) is 10.4. The van der Waals surface area contributed by atoms with E-state index in [0.29, 0.717) is 23.9 Å². The Bertz CT molecular complexity index is 1080. The lowest BCUT2D eigenvalue weighted by atomic mass is 10.2. The molecule has 1 aromatic heterocycles. The molecule has 0 aliphatic carbocycles. The Morgan fingerprint density at radius 2 is 2.00 bits per heavy atom. The molecule has 0 unspecified atom stereocenters. The maximum absolute atomic E-state index is 6.08. The molecule has 0 bridgehead atoms. The molecule has 0 atom stereocenters. The Kier molecular flexibility index (Phi) is 8.51. The van der Waals surface area contributed by atoms with Crippen molar-refractivity contribution in [2.75, 3.05) is 51.9 Å². The average molecular weight is 455 g/mol. The molecule has 1 aliphatic rings. The molecule has 0 saturated carbocycles. The molecule has 2 heterocycles. The third-order valence-electron chi connectivity index (χ3n) is 5.19. The summed E-state index contributed by atoms with van der Waals surface area (Å²) < 4.78 is 17.0. The van der Waals surface area contributed by atoms with Crippen LogP contribution in [0.5, 0.6) is 11.5 Å². The maximum Gasteiger partial charge on any atom is 0.162 e. The number of nitrogens with one attached hydrogen (secondary N) is 1. The van der Waals surface area contributed by atoms with Crippen LogP contribution >= 0.6 is 12.4 Å². The van der Waals surface area contributed by atoms with Gasteiger partial charge in [0.25, 0.3) is 0 Å². The van der Waals surface area contributed by atoms with Gasteiger partial charge >= 0.3 is 0 Å². The highest BCUT2D eigenvalue weighted by atomic mass is 35.5. The lowest BCUT2D eigenvalue weighted by molar-refractivity contribution is 0.0357. The van der Waals surface area contributed by atoms with Gasteiger partial charge in [0.1, 0.15) is 12.1 Å². The SMILES string of the molecule is C#Cc1cccc(Nc2ncnc3cc(OC)c(OCCCN4CCOCC4)cc23)c1.Cl. The highest BCUT2D eigenvalue weighted by Gasteiger charge is 2.13. The predicted molar refractivity (Wildman–Crippen MR) is 128 cm³/mol. The summed E-state index contributed by atoms with van der Waals surface area (Å²) in [5.74, 6) is 4.65. The van der Waals surface area contributed by atoms with Crippen molar-refractivity contribution in [3.63, 3.8) is 0 Å². The summed E-state index contributed by atoms with van der Waals surface area (Å²) in [6, 6.07) is 11.4. The molecule has 4 rings (SSSR count). The monoisotopic (exact) mass is 454 g/mol. The number of aromatic nitrogens is 2. The van der Waals surface area contributed by atoms with E-state index in [9.17, 15) is 0 Å². The van der Waals surface area contributed by atoms with Crippen molar-refractivity contribution in [1.29, 1.82) is 0 Å². The second kappa shape index (κ2) is 11.5. The Morgan fingerprint density at radius 3 is 2.78 bits per heavy atom. The standard InChI is InChI=1S/C24H26N4O3.ClH/c1-3-18-6-4-7-19(14-18)27-24-20-15-23(22(29-2)16-21(20)25-17-26-24)31-11-5-8-28-9-12-30-13-10-28;/h1,4,6-7,14-17H,5,8-13H2,2H3,(H,25,26,27);1H. The second-order valence-electron chi connectivity index (χ2n) is 7.25. The number of fused-ring (bicyclic) bond motifs is 1. The number of morpholine rings is 1. The van der Waals surface area contributed by atoms with Crippen molar-refractivity contribution in [2.24, 2.45) is 0 Å². The summed E-state index contributed by atoms with van der Waals surface area (Å²) in [6.07, 6.45) is 7.97. The molecule has 1 fully saturated rings. The summed E-state index contributed by atoms with van der Waals surface area (Å²) in [7, 11) is 1.63. The van der Waals surface area contributed by atoms with Gasteiger partial charge in [-0.05, 0) is 30.7 Å². The molecule has 1 saturated heterocycles. The predicted octanol–water partition coefficient (Wildman–Crippen LogP) is 3.89. The van der Waals surface area contributed by atoms with Crippen molar-refractivity contribution in [1.82, 2.24) is 14.9 Å². The van der Waals surface area contributed by atoms with E-state index in [1.165, 1.54) is 6.33 Å². The summed E-state index contributed by atoms with van der Waals surface area (Å²) in [6.45, 7) is 5.15. The number of halogens is 1. The second-order valence-corrected chi connectivity index (χ2v) is 7.25. The minimum Gasteiger partial charge on any atom is -0.493 e. The van der Waals surface area contributed by atoms with Crippen molar-refractivity contribution in [3.05, 3.63) is 48.3 Å². The summed E-state index contributed by atoms with van der Waals surface area (Å²) in [4.78, 5) is 11.2. The first kappa shape index (κ1) is 23.6. The van der Waals surface area contributed by atoms with E-state index in [-0.39, 0.29) is 12.4 Å². The maximum atomic E-state index is 6.08. The molecule has 168 valence electrons. The smallest absolute Gasteiger partial charge is 0.162 e. The molecule has 0 radical (unpaired) electrons. The van der Waals surface area contributed by atoms with Crippen LogP contribution in [-0.4, -0.2) is 61.4 Å². The molecule has 0 spiro atoms. The van der Waals surface area contributed by atoms with Crippen molar-refractivity contribution in [2.45, 2.75) is 6.42 Å². The van der Waals surface area contributed by atoms with Crippen LogP contribution in [0.2, 0.25) is 0 Å². The van der Waals surface area contributed by atoms with Crippen LogP contribution in [0.25, 0.3) is 10.9 Å². The number of rotatable bonds is 8. The zero-order valence-corrected chi connectivity index (χ0v) is 18.9. The molecule has 1 N–H and O–H groups in total. The highest BCUT2D eigenvalue weighted by molar-refractivity contribution is 5.93. The van der Waals surface area contributed by atoms with Crippen LogP contribution in [0.3, 0.4) is 0 Å². The quantitative estimate of drug-likeness (QED) is 0.409. The van der Waals surface area contributed by atoms with Gasteiger partial charge in [0, 0.05) is 42.3 Å². The third kappa shape index (κ3) is 5.80. The zero-order valence-electron chi connectivity index (χ0n) is 18.0. The van der Waals surface area contributed by atoms with Gasteiger partial charge in [0.05, 0.1) is 32.4 Å². The molecule has 8 heteroatoms. The first-order valence-electron chi connectivity index (χ1n) is 10.4. The molecule has 3 aromatic rings. The first-order chi connectivity index (χ1) is 15.3. The Labute approximate surface area is 194 Å². The molecule has 7 nitrogen and oxygen atoms in total. The van der Waals surface area contributed by atoms with Gasteiger partial charge in [-0.1, -0.05) is 12.0 Å². The number of hydrogen-bond donors (Lipinski definition) is 1. The Morgan fingerprint density at radius 1 is 1.16 bits per heavy atom. The van der Waals surface area contributed by atoms with E-state index >= 15 is 0 Å². The van der Waals surface area contributed by atoms with Gasteiger partial charge in [0.2, 0.25) is 0 Å². The Hall–Kier alpha value is -3.05. The molecule has 32 heavy (non-hydrogen) atoms. The molecule has 0 amide bonds. The number of anilines is 2. The van der Waals surface area contributed by atoms with E-state index in [1.807, 2.05) is 36.4 Å². The summed E-state index contributed by atoms with van der Waals surface area (Å²) >= 11 is 0. The summed E-state index contributed by atoms with van der Waals surface area (Å²) in [5.41, 5.74) is 2.43. The topological polar surface area (TPSA) is 68.7 Å². The molecule has 1 aliphatic heterocycles. The Balaban J connectivity index is 0.00000289. The van der Waals surface area contributed by atoms with Crippen LogP contribution in [0.1, 0.15) is 12.0 Å². The van der Waals surface area contributed by atoms with Gasteiger partial charge in [-0.15, -0.1) is 18.8 Å². The zero-order chi connectivity index (χ0) is 21.5. The van der Waals surface area contributed by atoms with Gasteiger partial charge in [-0.3, -0.25) is 4.90 Å².